The van der Waals surface area contributed by atoms with Crippen molar-refractivity contribution in [2.75, 3.05) is 13.1 Å². The Labute approximate surface area is 125 Å². The molecule has 0 saturated carbocycles. The highest BCUT2D eigenvalue weighted by atomic mass is 15.2. The Balaban J connectivity index is 1.53. The molecule has 5 nitrogen and oxygen atoms in total. The van der Waals surface area contributed by atoms with Gasteiger partial charge in [-0.3, -0.25) is 0 Å². The van der Waals surface area contributed by atoms with Gasteiger partial charge >= 0.3 is 0 Å². The topological polar surface area (TPSA) is 88.5 Å². The Morgan fingerprint density at radius 2 is 1.95 bits per heavy atom. The van der Waals surface area contributed by atoms with E-state index in [-0.39, 0.29) is 0 Å². The van der Waals surface area contributed by atoms with Crippen LogP contribution in [0.5, 0.6) is 0 Å². The van der Waals surface area contributed by atoms with Crippen molar-refractivity contribution in [2.45, 2.75) is 25.8 Å². The van der Waals surface area contributed by atoms with Crippen LogP contribution < -0.4 is 22.1 Å². The molecular formula is C16H23N5. The quantitative estimate of drug-likeness (QED) is 0.659. The summed E-state index contributed by atoms with van der Waals surface area (Å²) in [6.07, 6.45) is 3.40. The zero-order valence-corrected chi connectivity index (χ0v) is 12.2. The minimum atomic E-state index is 0.514. The smallest absolute Gasteiger partial charge is 0.194 e. The number of aliphatic imine (C=N–C) groups is 1. The Hall–Kier alpha value is -2.01. The maximum Gasteiger partial charge on any atom is 0.194 e. The van der Waals surface area contributed by atoms with Crippen molar-refractivity contribution in [1.29, 1.82) is 0 Å². The van der Waals surface area contributed by atoms with Gasteiger partial charge in [-0.15, -0.1) is 0 Å². The van der Waals surface area contributed by atoms with Crippen molar-refractivity contribution in [3.05, 3.63) is 46.8 Å². The van der Waals surface area contributed by atoms with Gasteiger partial charge in [-0.1, -0.05) is 24.3 Å². The number of rotatable bonds is 4. The molecule has 0 aromatic heterocycles. The molecule has 2 aliphatic rings. The summed E-state index contributed by atoms with van der Waals surface area (Å²) in [5.41, 5.74) is 15.2. The zero-order chi connectivity index (χ0) is 14.7. The average molecular weight is 285 g/mol. The first-order chi connectivity index (χ1) is 10.2. The number of nitrogens with zero attached hydrogens (tertiary/aromatic N) is 1. The van der Waals surface area contributed by atoms with Gasteiger partial charge in [-0.25, -0.2) is 4.99 Å². The van der Waals surface area contributed by atoms with E-state index in [2.05, 4.69) is 39.9 Å². The molecule has 6 N–H and O–H groups in total. The molecule has 2 aliphatic heterocycles. The van der Waals surface area contributed by atoms with E-state index in [9.17, 15) is 0 Å². The highest BCUT2D eigenvalue weighted by Crippen LogP contribution is 2.24. The van der Waals surface area contributed by atoms with Gasteiger partial charge in [0.2, 0.25) is 0 Å². The summed E-state index contributed by atoms with van der Waals surface area (Å²) in [6.45, 7) is 2.34. The lowest BCUT2D eigenvalue weighted by Gasteiger charge is -2.30. The fourth-order valence-electron chi connectivity index (χ4n) is 2.94. The van der Waals surface area contributed by atoms with Crippen LogP contribution >= 0.6 is 0 Å². The molecule has 0 aliphatic carbocycles. The molecule has 1 aromatic carbocycles. The maximum atomic E-state index is 5.69. The van der Waals surface area contributed by atoms with E-state index in [1.807, 2.05) is 0 Å². The minimum Gasteiger partial charge on any atom is -0.371 e. The molecule has 0 saturated heterocycles. The van der Waals surface area contributed by atoms with Crippen LogP contribution in [-0.2, 0) is 13.0 Å². The summed E-state index contributed by atoms with van der Waals surface area (Å²) in [4.78, 5) is 4.26. The second-order valence-corrected chi connectivity index (χ2v) is 5.82. The summed E-state index contributed by atoms with van der Waals surface area (Å²) >= 11 is 0. The van der Waals surface area contributed by atoms with Gasteiger partial charge in [-0.05, 0) is 41.9 Å². The number of hydrogen-bond acceptors (Lipinski definition) is 5. The van der Waals surface area contributed by atoms with E-state index in [4.69, 9.17) is 11.5 Å². The molecule has 0 fully saturated rings. The number of hydrogen-bond donors (Lipinski definition) is 4. The summed E-state index contributed by atoms with van der Waals surface area (Å²) in [7, 11) is 0. The minimum absolute atomic E-state index is 0.514. The first-order valence-corrected chi connectivity index (χ1v) is 7.55. The largest absolute Gasteiger partial charge is 0.371 e. The van der Waals surface area contributed by atoms with Gasteiger partial charge < -0.3 is 22.1 Å². The summed E-state index contributed by atoms with van der Waals surface area (Å²) in [5.74, 6) is 2.25. The number of benzene rings is 1. The van der Waals surface area contributed by atoms with Crippen LogP contribution in [0.15, 0.2) is 40.7 Å². The number of guanidine groups is 1. The van der Waals surface area contributed by atoms with Crippen molar-refractivity contribution >= 4 is 5.96 Å². The van der Waals surface area contributed by atoms with Crippen LogP contribution in [-0.4, -0.2) is 19.0 Å². The molecular weight excluding hydrogens is 262 g/mol. The normalized spacial score (nSPS) is 21.2. The zero-order valence-electron chi connectivity index (χ0n) is 12.2. The maximum absolute atomic E-state index is 5.69. The van der Waals surface area contributed by atoms with Gasteiger partial charge in [-0.2, -0.15) is 0 Å². The van der Waals surface area contributed by atoms with Gasteiger partial charge in [0.05, 0.1) is 6.54 Å². The van der Waals surface area contributed by atoms with E-state index < -0.39 is 0 Å². The molecule has 1 atom stereocenters. The van der Waals surface area contributed by atoms with E-state index in [1.54, 1.807) is 0 Å². The predicted octanol–water partition coefficient (Wildman–Crippen LogP) is 0.817. The van der Waals surface area contributed by atoms with Gasteiger partial charge in [0, 0.05) is 13.1 Å². The third-order valence-electron chi connectivity index (χ3n) is 4.25. The second-order valence-electron chi connectivity index (χ2n) is 5.82. The third-order valence-corrected chi connectivity index (χ3v) is 4.25. The SMILES string of the molecule is NCc1ccc(CC[C@H]2CNC3=C(CN=C(N)N3)C2)cc1. The number of aryl methyl sites for hydroxylation is 1. The highest BCUT2D eigenvalue weighted by Gasteiger charge is 2.22. The molecule has 21 heavy (non-hydrogen) atoms. The molecule has 0 radical (unpaired) electrons. The van der Waals surface area contributed by atoms with Crippen LogP contribution in [0.1, 0.15) is 24.0 Å². The van der Waals surface area contributed by atoms with Crippen LogP contribution in [0, 0.1) is 5.92 Å². The van der Waals surface area contributed by atoms with Crippen molar-refractivity contribution in [2.24, 2.45) is 22.4 Å². The van der Waals surface area contributed by atoms with Crippen LogP contribution in [0.2, 0.25) is 0 Å². The fourth-order valence-corrected chi connectivity index (χ4v) is 2.94. The molecule has 112 valence electrons. The van der Waals surface area contributed by atoms with Gasteiger partial charge in [0.25, 0.3) is 0 Å². The summed E-state index contributed by atoms with van der Waals surface area (Å²) < 4.78 is 0. The molecule has 1 aromatic rings. The Morgan fingerprint density at radius 3 is 2.71 bits per heavy atom. The van der Waals surface area contributed by atoms with Crippen molar-refractivity contribution < 1.29 is 0 Å². The average Bonchev–Trinajstić information content (AvgIpc) is 2.53. The molecule has 0 spiro atoms. The monoisotopic (exact) mass is 285 g/mol. The fraction of sp³-hybridized carbons (Fsp3) is 0.438. The molecule has 3 rings (SSSR count). The summed E-state index contributed by atoms with van der Waals surface area (Å²) in [5, 5.41) is 6.56. The summed E-state index contributed by atoms with van der Waals surface area (Å²) in [6, 6.07) is 8.63. The second kappa shape index (κ2) is 6.18. The van der Waals surface area contributed by atoms with E-state index >= 15 is 0 Å². The Bertz CT molecular complexity index is 559. The molecule has 0 unspecified atom stereocenters. The molecule has 5 heteroatoms. The standard InChI is InChI=1S/C16H23N5/c17-8-12-4-1-11(2-5-12)3-6-13-7-14-10-20-16(18)21-15(14)19-9-13/h1-2,4-5,13,19H,3,6-10,17H2,(H3,18,20,21)/t13-/m1/s1. The van der Waals surface area contributed by atoms with Crippen molar-refractivity contribution in [3.8, 4) is 0 Å². The first-order valence-electron chi connectivity index (χ1n) is 7.55. The molecule has 0 amide bonds. The Morgan fingerprint density at radius 1 is 1.19 bits per heavy atom. The van der Waals surface area contributed by atoms with Crippen molar-refractivity contribution in [1.82, 2.24) is 10.6 Å². The van der Waals surface area contributed by atoms with Crippen LogP contribution in [0.25, 0.3) is 0 Å². The number of nitrogens with two attached hydrogens (primary N) is 2. The lowest BCUT2D eigenvalue weighted by atomic mass is 9.90. The lowest BCUT2D eigenvalue weighted by molar-refractivity contribution is 0.423. The van der Waals surface area contributed by atoms with Gasteiger partial charge in [0.15, 0.2) is 5.96 Å². The van der Waals surface area contributed by atoms with Crippen molar-refractivity contribution in [3.63, 3.8) is 0 Å². The van der Waals surface area contributed by atoms with Crippen LogP contribution in [0.3, 0.4) is 0 Å². The van der Waals surface area contributed by atoms with Gasteiger partial charge in [0.1, 0.15) is 5.82 Å². The van der Waals surface area contributed by atoms with Crippen LogP contribution in [0.4, 0.5) is 0 Å². The van der Waals surface area contributed by atoms with E-state index in [0.717, 1.165) is 31.8 Å². The number of nitrogens with one attached hydrogen (secondary N) is 2. The third kappa shape index (κ3) is 3.36. The first kappa shape index (κ1) is 13.9. The molecule has 0 bridgehead atoms. The Kier molecular flexibility index (Phi) is 4.10. The predicted molar refractivity (Wildman–Crippen MR) is 85.4 cm³/mol. The lowest BCUT2D eigenvalue weighted by Crippen LogP contribution is -2.45. The van der Waals surface area contributed by atoms with E-state index in [1.165, 1.54) is 23.1 Å². The van der Waals surface area contributed by atoms with E-state index in [0.29, 0.717) is 18.4 Å². The molecule has 2 heterocycles. The highest BCUT2D eigenvalue weighted by molar-refractivity contribution is 5.80.